The average molecular weight is 385 g/mol. The van der Waals surface area contributed by atoms with Crippen LogP contribution < -0.4 is 10.1 Å². The first-order chi connectivity index (χ1) is 13.6. The first-order valence-electron chi connectivity index (χ1n) is 9.12. The Labute approximate surface area is 163 Å². The summed E-state index contributed by atoms with van der Waals surface area (Å²) in [4.78, 5) is 24.4. The minimum atomic E-state index is -0.484. The predicted octanol–water partition coefficient (Wildman–Crippen LogP) is 1.99. The van der Waals surface area contributed by atoms with Crippen molar-refractivity contribution in [2.24, 2.45) is 0 Å². The van der Waals surface area contributed by atoms with E-state index in [2.05, 4.69) is 22.3 Å². The molecule has 148 valence electrons. The maximum atomic E-state index is 12.0. The number of nitrogens with zero attached hydrogens (tertiary/aromatic N) is 2. The highest BCUT2D eigenvalue weighted by Crippen LogP contribution is 2.17. The van der Waals surface area contributed by atoms with Crippen LogP contribution in [0, 0.1) is 10.1 Å². The molecule has 0 saturated carbocycles. The summed E-state index contributed by atoms with van der Waals surface area (Å²) in [5.74, 6) is 0.144. The topological polar surface area (TPSA) is 93.9 Å². The van der Waals surface area contributed by atoms with Gasteiger partial charge in [0.05, 0.1) is 17.6 Å². The monoisotopic (exact) mass is 385 g/mol. The largest absolute Gasteiger partial charge is 0.484 e. The SMILES string of the molecule is O=C(COc1ccc([N+](=O)[O-])cc1)NCC1CN(Cc2ccccc2)CCO1. The second kappa shape index (κ2) is 9.82. The van der Waals surface area contributed by atoms with E-state index in [0.717, 1.165) is 19.6 Å². The normalized spacial score (nSPS) is 17.1. The van der Waals surface area contributed by atoms with Gasteiger partial charge >= 0.3 is 0 Å². The number of amides is 1. The van der Waals surface area contributed by atoms with Crippen molar-refractivity contribution in [2.45, 2.75) is 12.6 Å². The zero-order valence-electron chi connectivity index (χ0n) is 15.5. The van der Waals surface area contributed by atoms with Crippen LogP contribution in [0.4, 0.5) is 5.69 Å². The summed E-state index contributed by atoms with van der Waals surface area (Å²) in [5, 5.41) is 13.4. The van der Waals surface area contributed by atoms with Crippen molar-refractivity contribution in [1.82, 2.24) is 10.2 Å². The molecule has 1 heterocycles. The zero-order chi connectivity index (χ0) is 19.8. The molecule has 8 heteroatoms. The van der Waals surface area contributed by atoms with Crippen LogP contribution in [-0.4, -0.2) is 54.7 Å². The van der Waals surface area contributed by atoms with Gasteiger partial charge in [0, 0.05) is 38.3 Å². The van der Waals surface area contributed by atoms with Crippen LogP contribution in [0.15, 0.2) is 54.6 Å². The van der Waals surface area contributed by atoms with Gasteiger partial charge in [-0.2, -0.15) is 0 Å². The molecule has 0 bridgehead atoms. The third-order valence-corrected chi connectivity index (χ3v) is 4.42. The molecular formula is C20H23N3O5. The number of morpholine rings is 1. The van der Waals surface area contributed by atoms with Crippen molar-refractivity contribution >= 4 is 11.6 Å². The molecule has 2 aromatic carbocycles. The van der Waals surface area contributed by atoms with Crippen molar-refractivity contribution in [3.63, 3.8) is 0 Å². The number of non-ortho nitro benzene ring substituents is 1. The molecule has 28 heavy (non-hydrogen) atoms. The first-order valence-corrected chi connectivity index (χ1v) is 9.12. The molecule has 1 atom stereocenters. The third kappa shape index (κ3) is 6.04. The smallest absolute Gasteiger partial charge is 0.269 e. The molecule has 0 radical (unpaired) electrons. The lowest BCUT2D eigenvalue weighted by Gasteiger charge is -2.33. The molecule has 1 saturated heterocycles. The van der Waals surface area contributed by atoms with E-state index in [-0.39, 0.29) is 24.3 Å². The van der Waals surface area contributed by atoms with E-state index < -0.39 is 4.92 Å². The van der Waals surface area contributed by atoms with E-state index in [1.807, 2.05) is 18.2 Å². The molecule has 0 spiro atoms. The standard InChI is InChI=1S/C20H23N3O5/c24-20(15-28-18-8-6-17(7-9-18)23(25)26)21-12-19-14-22(10-11-27-19)13-16-4-2-1-3-5-16/h1-9,19H,10-15H2,(H,21,24). The van der Waals surface area contributed by atoms with Gasteiger partial charge in [-0.1, -0.05) is 30.3 Å². The third-order valence-electron chi connectivity index (χ3n) is 4.42. The maximum absolute atomic E-state index is 12.0. The second-order valence-corrected chi connectivity index (χ2v) is 6.56. The molecule has 1 N–H and O–H groups in total. The number of carbonyl (C=O) groups is 1. The van der Waals surface area contributed by atoms with E-state index >= 15 is 0 Å². The predicted molar refractivity (Wildman–Crippen MR) is 103 cm³/mol. The maximum Gasteiger partial charge on any atom is 0.269 e. The van der Waals surface area contributed by atoms with Crippen LogP contribution in [0.25, 0.3) is 0 Å². The van der Waals surface area contributed by atoms with Gasteiger partial charge in [0.25, 0.3) is 11.6 Å². The van der Waals surface area contributed by atoms with Crippen LogP contribution >= 0.6 is 0 Å². The molecule has 1 unspecified atom stereocenters. The zero-order valence-corrected chi connectivity index (χ0v) is 15.5. The summed E-state index contributed by atoms with van der Waals surface area (Å²) < 4.78 is 11.1. The summed E-state index contributed by atoms with van der Waals surface area (Å²) in [6.07, 6.45) is -0.0687. The van der Waals surface area contributed by atoms with Crippen molar-refractivity contribution in [1.29, 1.82) is 0 Å². The number of hydrogen-bond donors (Lipinski definition) is 1. The Bertz CT molecular complexity index is 782. The summed E-state index contributed by atoms with van der Waals surface area (Å²) in [5.41, 5.74) is 1.23. The summed E-state index contributed by atoms with van der Waals surface area (Å²) in [6.45, 7) is 3.36. The number of nitro benzene ring substituents is 1. The fourth-order valence-corrected chi connectivity index (χ4v) is 2.98. The van der Waals surface area contributed by atoms with E-state index in [9.17, 15) is 14.9 Å². The minimum absolute atomic E-state index is 0.0219. The lowest BCUT2D eigenvalue weighted by atomic mass is 10.2. The number of nitro groups is 1. The lowest BCUT2D eigenvalue weighted by molar-refractivity contribution is -0.384. The average Bonchev–Trinajstić information content (AvgIpc) is 2.72. The number of nitrogens with one attached hydrogen (secondary N) is 1. The Morgan fingerprint density at radius 2 is 1.96 bits per heavy atom. The number of rotatable bonds is 8. The first kappa shape index (κ1) is 19.8. The van der Waals surface area contributed by atoms with Crippen LogP contribution in [0.3, 0.4) is 0 Å². The minimum Gasteiger partial charge on any atom is -0.484 e. The highest BCUT2D eigenvalue weighted by atomic mass is 16.6. The van der Waals surface area contributed by atoms with Crippen molar-refractivity contribution in [2.75, 3.05) is 32.8 Å². The fourth-order valence-electron chi connectivity index (χ4n) is 2.98. The van der Waals surface area contributed by atoms with Crippen molar-refractivity contribution < 1.29 is 19.2 Å². The molecule has 2 aromatic rings. The van der Waals surface area contributed by atoms with Crippen molar-refractivity contribution in [3.05, 3.63) is 70.3 Å². The van der Waals surface area contributed by atoms with Crippen molar-refractivity contribution in [3.8, 4) is 5.75 Å². The molecule has 8 nitrogen and oxygen atoms in total. The van der Waals surface area contributed by atoms with Gasteiger partial charge < -0.3 is 14.8 Å². The highest BCUT2D eigenvalue weighted by molar-refractivity contribution is 5.77. The quantitative estimate of drug-likeness (QED) is 0.552. The summed E-state index contributed by atoms with van der Waals surface area (Å²) in [6, 6.07) is 15.9. The Kier molecular flexibility index (Phi) is 6.94. The number of hydrogen-bond acceptors (Lipinski definition) is 6. The van der Waals surface area contributed by atoms with Gasteiger partial charge in [-0.25, -0.2) is 0 Å². The van der Waals surface area contributed by atoms with Gasteiger partial charge in [-0.05, 0) is 17.7 Å². The van der Waals surface area contributed by atoms with Crippen LogP contribution in [0.1, 0.15) is 5.56 Å². The molecule has 1 aliphatic rings. The molecule has 0 aliphatic carbocycles. The molecule has 1 aliphatic heterocycles. The van der Waals surface area contributed by atoms with E-state index in [0.29, 0.717) is 18.9 Å². The molecular weight excluding hydrogens is 362 g/mol. The Balaban J connectivity index is 1.38. The Hall–Kier alpha value is -2.97. The van der Waals surface area contributed by atoms with E-state index in [1.165, 1.54) is 29.8 Å². The van der Waals surface area contributed by atoms with Crippen LogP contribution in [0.5, 0.6) is 5.75 Å². The molecule has 3 rings (SSSR count). The van der Waals surface area contributed by atoms with E-state index in [4.69, 9.17) is 9.47 Å². The second-order valence-electron chi connectivity index (χ2n) is 6.56. The fraction of sp³-hybridized carbons (Fsp3) is 0.350. The molecule has 0 aromatic heterocycles. The Morgan fingerprint density at radius 1 is 1.21 bits per heavy atom. The molecule has 1 fully saturated rings. The highest BCUT2D eigenvalue weighted by Gasteiger charge is 2.21. The van der Waals surface area contributed by atoms with Gasteiger partial charge in [-0.15, -0.1) is 0 Å². The number of carbonyl (C=O) groups excluding carboxylic acids is 1. The number of ether oxygens (including phenoxy) is 2. The summed E-state index contributed by atoms with van der Waals surface area (Å²) >= 11 is 0. The number of benzene rings is 2. The van der Waals surface area contributed by atoms with Gasteiger partial charge in [0.15, 0.2) is 6.61 Å². The summed E-state index contributed by atoms with van der Waals surface area (Å²) in [7, 11) is 0. The van der Waals surface area contributed by atoms with Crippen LogP contribution in [-0.2, 0) is 16.1 Å². The van der Waals surface area contributed by atoms with Gasteiger partial charge in [0.2, 0.25) is 0 Å². The Morgan fingerprint density at radius 3 is 2.68 bits per heavy atom. The lowest BCUT2D eigenvalue weighted by Crippen LogP contribution is -2.47. The van der Waals surface area contributed by atoms with Gasteiger partial charge in [0.1, 0.15) is 5.75 Å². The van der Waals surface area contributed by atoms with Gasteiger partial charge in [-0.3, -0.25) is 19.8 Å². The van der Waals surface area contributed by atoms with Crippen LogP contribution in [0.2, 0.25) is 0 Å². The van der Waals surface area contributed by atoms with E-state index in [1.54, 1.807) is 0 Å². The molecule has 1 amide bonds.